The Labute approximate surface area is 121 Å². The molecule has 0 spiro atoms. The van der Waals surface area contributed by atoms with Crippen LogP contribution < -0.4 is 5.32 Å². The van der Waals surface area contributed by atoms with Crippen molar-refractivity contribution < 1.29 is 22.7 Å². The second-order valence-electron chi connectivity index (χ2n) is 3.74. The van der Waals surface area contributed by atoms with Gasteiger partial charge >= 0.3 is 12.1 Å². The average Bonchev–Trinajstić information content (AvgIpc) is 2.42. The van der Waals surface area contributed by atoms with Crippen molar-refractivity contribution in [2.45, 2.75) is 11.0 Å². The lowest BCUT2D eigenvalue weighted by molar-refractivity contribution is -0.139. The van der Waals surface area contributed by atoms with E-state index in [0.717, 1.165) is 18.2 Å². The molecule has 1 rings (SSSR count). The molecule has 1 atom stereocenters. The zero-order chi connectivity index (χ0) is 15.3. The van der Waals surface area contributed by atoms with Crippen molar-refractivity contribution in [3.8, 4) is 6.07 Å². The van der Waals surface area contributed by atoms with E-state index in [1.54, 1.807) is 6.07 Å². The molecule has 108 valence electrons. The van der Waals surface area contributed by atoms with Crippen molar-refractivity contribution >= 4 is 27.6 Å². The van der Waals surface area contributed by atoms with Crippen LogP contribution in [0.5, 0.6) is 0 Å². The number of ether oxygens (including phenoxy) is 1. The third-order valence-electron chi connectivity index (χ3n) is 2.40. The Kier molecular flexibility index (Phi) is 5.39. The van der Waals surface area contributed by atoms with Gasteiger partial charge in [-0.2, -0.15) is 18.4 Å². The number of carbonyl (C=O) groups excluding carboxylic acids is 1. The van der Waals surface area contributed by atoms with Crippen molar-refractivity contribution in [3.63, 3.8) is 0 Å². The number of anilines is 1. The summed E-state index contributed by atoms with van der Waals surface area (Å²) in [4.78, 5) is 10.5. The Balaban J connectivity index is 2.87. The summed E-state index contributed by atoms with van der Waals surface area (Å²) in [6, 6.07) is 4.45. The van der Waals surface area contributed by atoms with E-state index >= 15 is 0 Å². The van der Waals surface area contributed by atoms with Gasteiger partial charge in [0.15, 0.2) is 0 Å². The largest absolute Gasteiger partial charge is 0.468 e. The van der Waals surface area contributed by atoms with Crippen molar-refractivity contribution in [2.24, 2.45) is 0 Å². The fourth-order valence-electron chi connectivity index (χ4n) is 1.38. The monoisotopic (exact) mass is 350 g/mol. The summed E-state index contributed by atoms with van der Waals surface area (Å²) in [6.45, 7) is 0.0761. The number of halogens is 4. The van der Waals surface area contributed by atoms with Crippen molar-refractivity contribution in [2.75, 3.05) is 19.0 Å². The molecule has 0 heterocycles. The number of hydrogen-bond acceptors (Lipinski definition) is 4. The van der Waals surface area contributed by atoms with E-state index in [1.807, 2.05) is 0 Å². The minimum Gasteiger partial charge on any atom is -0.468 e. The minimum absolute atomic E-state index is 0.0761. The number of esters is 1. The molecule has 20 heavy (non-hydrogen) atoms. The Hall–Kier alpha value is -1.75. The van der Waals surface area contributed by atoms with Crippen LogP contribution in [0.1, 0.15) is 11.1 Å². The summed E-state index contributed by atoms with van der Waals surface area (Å²) in [5.74, 6) is -0.525. The van der Waals surface area contributed by atoms with Gasteiger partial charge in [-0.1, -0.05) is 15.9 Å². The molecule has 1 unspecified atom stereocenters. The van der Waals surface area contributed by atoms with Crippen LogP contribution in [-0.2, 0) is 15.7 Å². The summed E-state index contributed by atoms with van der Waals surface area (Å²) < 4.78 is 42.0. The highest BCUT2D eigenvalue weighted by Crippen LogP contribution is 2.31. The zero-order valence-corrected chi connectivity index (χ0v) is 11.9. The van der Waals surface area contributed by atoms with Gasteiger partial charge < -0.3 is 10.1 Å². The maximum absolute atomic E-state index is 12.5. The second kappa shape index (κ2) is 6.61. The van der Waals surface area contributed by atoms with Gasteiger partial charge in [-0.3, -0.25) is 4.79 Å². The van der Waals surface area contributed by atoms with Gasteiger partial charge in [0.25, 0.3) is 0 Å². The number of alkyl halides is 4. The summed E-state index contributed by atoms with van der Waals surface area (Å²) in [5.41, 5.74) is -0.832. The molecular weight excluding hydrogens is 341 g/mol. The molecule has 0 aliphatic carbocycles. The smallest absolute Gasteiger partial charge is 0.416 e. The lowest BCUT2D eigenvalue weighted by atomic mass is 10.1. The molecule has 0 aliphatic heterocycles. The topological polar surface area (TPSA) is 62.1 Å². The molecule has 8 heteroatoms. The molecule has 1 aromatic carbocycles. The number of benzene rings is 1. The summed E-state index contributed by atoms with van der Waals surface area (Å²) in [6.07, 6.45) is -4.51. The number of nitrogens with one attached hydrogen (secondary N) is 1. The second-order valence-corrected chi connectivity index (χ2v) is 4.85. The highest BCUT2D eigenvalue weighted by Gasteiger charge is 2.31. The van der Waals surface area contributed by atoms with Crippen LogP contribution in [0.4, 0.5) is 18.9 Å². The minimum atomic E-state index is -4.51. The third kappa shape index (κ3) is 4.13. The van der Waals surface area contributed by atoms with Crippen LogP contribution in [0.25, 0.3) is 0 Å². The average molecular weight is 351 g/mol. The van der Waals surface area contributed by atoms with Gasteiger partial charge in [-0.25, -0.2) is 0 Å². The molecule has 0 aromatic heterocycles. The van der Waals surface area contributed by atoms with Crippen molar-refractivity contribution in [1.29, 1.82) is 5.26 Å². The Morgan fingerprint density at radius 3 is 2.70 bits per heavy atom. The summed E-state index contributed by atoms with van der Waals surface area (Å²) >= 11 is 3.05. The van der Waals surface area contributed by atoms with Crippen molar-refractivity contribution in [3.05, 3.63) is 29.3 Å². The molecule has 1 aromatic rings. The number of methoxy groups -OCH3 is 1. The van der Waals surface area contributed by atoms with Crippen molar-refractivity contribution in [1.82, 2.24) is 0 Å². The summed E-state index contributed by atoms with van der Waals surface area (Å²) in [5, 5.41) is 11.6. The number of nitriles is 1. The predicted octanol–water partition coefficient (Wildman–Crippen LogP) is 2.93. The van der Waals surface area contributed by atoms with Crippen LogP contribution in [0.15, 0.2) is 18.2 Å². The van der Waals surface area contributed by atoms with Crippen LogP contribution in [0.2, 0.25) is 0 Å². The maximum atomic E-state index is 12.5. The molecule has 0 aliphatic rings. The Bertz CT molecular complexity index is 540. The number of hydrogen-bond donors (Lipinski definition) is 1. The lowest BCUT2D eigenvalue weighted by Gasteiger charge is -2.13. The first-order chi connectivity index (χ1) is 9.29. The van der Waals surface area contributed by atoms with Crippen LogP contribution in [0.3, 0.4) is 0 Å². The number of carbonyl (C=O) groups is 1. The van der Waals surface area contributed by atoms with E-state index in [2.05, 4.69) is 26.0 Å². The van der Waals surface area contributed by atoms with Crippen LogP contribution in [-0.4, -0.2) is 24.5 Å². The SMILES string of the molecule is COC(=O)C(Br)CNc1ccc(C(F)(F)F)cc1C#N. The molecule has 0 amide bonds. The first kappa shape index (κ1) is 16.3. The fraction of sp³-hybridized carbons (Fsp3) is 0.333. The Morgan fingerprint density at radius 1 is 1.55 bits per heavy atom. The lowest BCUT2D eigenvalue weighted by Crippen LogP contribution is -2.24. The first-order valence-corrected chi connectivity index (χ1v) is 6.28. The molecule has 1 N–H and O–H groups in total. The molecule has 0 saturated heterocycles. The number of rotatable bonds is 4. The molecule has 0 bridgehead atoms. The van der Waals surface area contributed by atoms with Gasteiger partial charge in [-0.05, 0) is 18.2 Å². The van der Waals surface area contributed by atoms with E-state index in [1.165, 1.54) is 7.11 Å². The molecular formula is C12H10BrF3N2O2. The van der Waals surface area contributed by atoms with E-state index < -0.39 is 22.5 Å². The predicted molar refractivity (Wildman–Crippen MR) is 69.4 cm³/mol. The fourth-order valence-corrected chi connectivity index (χ4v) is 1.73. The highest BCUT2D eigenvalue weighted by atomic mass is 79.9. The first-order valence-electron chi connectivity index (χ1n) is 5.36. The molecule has 0 radical (unpaired) electrons. The van der Waals surface area contributed by atoms with Gasteiger partial charge in [0.1, 0.15) is 10.9 Å². The van der Waals surface area contributed by atoms with Gasteiger partial charge in [0.05, 0.1) is 23.9 Å². The zero-order valence-electron chi connectivity index (χ0n) is 10.3. The third-order valence-corrected chi connectivity index (χ3v) is 3.09. The highest BCUT2D eigenvalue weighted by molar-refractivity contribution is 9.10. The molecule has 0 fully saturated rings. The maximum Gasteiger partial charge on any atom is 0.416 e. The summed E-state index contributed by atoms with van der Waals surface area (Å²) in [7, 11) is 1.22. The normalized spacial score (nSPS) is 12.4. The Morgan fingerprint density at radius 2 is 2.20 bits per heavy atom. The van der Waals surface area contributed by atoms with Gasteiger partial charge in [0.2, 0.25) is 0 Å². The molecule has 4 nitrogen and oxygen atoms in total. The van der Waals surface area contributed by atoms with E-state index in [4.69, 9.17) is 5.26 Å². The van der Waals surface area contributed by atoms with Gasteiger partial charge in [0, 0.05) is 6.54 Å². The van der Waals surface area contributed by atoms with E-state index in [9.17, 15) is 18.0 Å². The standard InChI is InChI=1S/C12H10BrF3N2O2/c1-20-11(19)9(13)6-18-10-3-2-8(12(14,15)16)4-7(10)5-17/h2-4,9,18H,6H2,1H3. The van der Waals surface area contributed by atoms with Gasteiger partial charge in [-0.15, -0.1) is 0 Å². The number of nitrogens with zero attached hydrogens (tertiary/aromatic N) is 1. The van der Waals surface area contributed by atoms with E-state index in [0.29, 0.717) is 0 Å². The molecule has 0 saturated carbocycles. The van der Waals surface area contributed by atoms with Crippen LogP contribution >= 0.6 is 15.9 Å². The van der Waals surface area contributed by atoms with E-state index in [-0.39, 0.29) is 17.8 Å². The quantitative estimate of drug-likeness (QED) is 0.669. The van der Waals surface area contributed by atoms with Crippen LogP contribution in [0, 0.1) is 11.3 Å².